The van der Waals surface area contributed by atoms with Crippen molar-refractivity contribution in [2.24, 2.45) is 16.3 Å². The van der Waals surface area contributed by atoms with Gasteiger partial charge in [0.1, 0.15) is 16.8 Å². The maximum Gasteiger partial charge on any atom is 0.275 e. The van der Waals surface area contributed by atoms with Crippen LogP contribution >= 0.6 is 11.3 Å². The van der Waals surface area contributed by atoms with Gasteiger partial charge in [-0.3, -0.25) is 4.79 Å². The fraction of sp³-hybridized carbons (Fsp3) is 0.381. The maximum atomic E-state index is 12.3. The second kappa shape index (κ2) is 6.07. The monoisotopic (exact) mass is 363 g/mol. The van der Waals surface area contributed by atoms with E-state index in [1.54, 1.807) is 11.3 Å². The molecule has 0 fully saturated rings. The van der Waals surface area contributed by atoms with Crippen LogP contribution in [0.15, 0.2) is 29.3 Å². The average molecular weight is 363 g/mol. The number of nitrogens with one attached hydrogen (secondary N) is 1. The first kappa shape index (κ1) is 17.0. The van der Waals surface area contributed by atoms with Crippen molar-refractivity contribution in [3.63, 3.8) is 0 Å². The lowest BCUT2D eigenvalue weighted by Crippen LogP contribution is -2.26. The normalized spacial score (nSPS) is 20.5. The lowest BCUT2D eigenvalue weighted by atomic mass is 9.72. The summed E-state index contributed by atoms with van der Waals surface area (Å²) >= 11 is 1.58. The predicted octanol–water partition coefficient (Wildman–Crippen LogP) is 4.84. The summed E-state index contributed by atoms with van der Waals surface area (Å²) in [6, 6.07) is 9.89. The van der Waals surface area contributed by atoms with Gasteiger partial charge in [-0.25, -0.2) is 4.99 Å². The largest absolute Gasteiger partial charge is 0.320 e. The zero-order valence-electron chi connectivity index (χ0n) is 15.2. The molecule has 1 aromatic carbocycles. The van der Waals surface area contributed by atoms with Gasteiger partial charge in [0.05, 0.1) is 11.3 Å². The van der Waals surface area contributed by atoms with Crippen molar-refractivity contribution in [3.8, 4) is 6.07 Å². The summed E-state index contributed by atoms with van der Waals surface area (Å²) in [6.07, 6.45) is 3.01. The van der Waals surface area contributed by atoms with Crippen LogP contribution in [-0.2, 0) is 17.6 Å². The highest BCUT2D eigenvalue weighted by Crippen LogP contribution is 2.45. The minimum atomic E-state index is -0.200. The summed E-state index contributed by atoms with van der Waals surface area (Å²) in [5.74, 6) is 0.408. The molecule has 26 heavy (non-hydrogen) atoms. The molecule has 0 saturated heterocycles. The third-order valence-corrected chi connectivity index (χ3v) is 6.59. The Labute approximate surface area is 157 Å². The number of nitriles is 1. The molecule has 2 aliphatic rings. The zero-order chi connectivity index (χ0) is 18.5. The third kappa shape index (κ3) is 2.75. The Kier molecular flexibility index (Phi) is 3.96. The number of thiophene rings is 1. The Morgan fingerprint density at radius 3 is 2.81 bits per heavy atom. The van der Waals surface area contributed by atoms with E-state index < -0.39 is 0 Å². The van der Waals surface area contributed by atoms with Gasteiger partial charge in [-0.2, -0.15) is 5.26 Å². The molecule has 132 valence electrons. The van der Waals surface area contributed by atoms with Crippen LogP contribution in [0.1, 0.15) is 48.8 Å². The van der Waals surface area contributed by atoms with Crippen molar-refractivity contribution in [1.29, 1.82) is 5.26 Å². The van der Waals surface area contributed by atoms with Crippen LogP contribution in [0.4, 0.5) is 10.7 Å². The first-order chi connectivity index (χ1) is 12.4. The Morgan fingerprint density at radius 1 is 1.31 bits per heavy atom. The molecule has 1 amide bonds. The summed E-state index contributed by atoms with van der Waals surface area (Å²) in [5, 5.41) is 13.2. The van der Waals surface area contributed by atoms with Crippen molar-refractivity contribution < 1.29 is 4.79 Å². The molecular formula is C21H21N3OS. The van der Waals surface area contributed by atoms with E-state index >= 15 is 0 Å². The number of rotatable bonds is 1. The molecule has 0 saturated carbocycles. The number of amides is 1. The summed E-state index contributed by atoms with van der Waals surface area (Å²) < 4.78 is 0. The van der Waals surface area contributed by atoms with Crippen molar-refractivity contribution >= 4 is 33.6 Å². The molecule has 0 bridgehead atoms. The van der Waals surface area contributed by atoms with Crippen LogP contribution < -0.4 is 5.32 Å². The molecule has 1 N–H and O–H groups in total. The second-order valence-corrected chi connectivity index (χ2v) is 9.15. The van der Waals surface area contributed by atoms with Crippen LogP contribution in [0, 0.1) is 22.7 Å². The third-order valence-electron chi connectivity index (χ3n) is 5.44. The summed E-state index contributed by atoms with van der Waals surface area (Å²) in [4.78, 5) is 18.2. The number of hydrogen-bond donors (Lipinski definition) is 1. The van der Waals surface area contributed by atoms with Crippen LogP contribution in [0.3, 0.4) is 0 Å². The number of carbonyl (C=O) groups excluding carboxylic acids is 1. The lowest BCUT2D eigenvalue weighted by molar-refractivity contribution is -0.110. The molecule has 4 nitrogen and oxygen atoms in total. The highest BCUT2D eigenvalue weighted by Gasteiger charge is 2.33. The van der Waals surface area contributed by atoms with Crippen LogP contribution in [0.25, 0.3) is 0 Å². The number of fused-ring (bicyclic) bond motifs is 2. The number of aliphatic imine (C=N–C) groups is 1. The van der Waals surface area contributed by atoms with E-state index in [1.807, 2.05) is 24.3 Å². The molecule has 5 heteroatoms. The Hall–Kier alpha value is -2.45. The molecule has 0 spiro atoms. The van der Waals surface area contributed by atoms with Gasteiger partial charge >= 0.3 is 0 Å². The van der Waals surface area contributed by atoms with Crippen molar-refractivity contribution in [1.82, 2.24) is 0 Å². The molecule has 0 unspecified atom stereocenters. The lowest BCUT2D eigenvalue weighted by Gasteiger charge is -2.33. The second-order valence-electron chi connectivity index (χ2n) is 8.06. The molecule has 1 aliphatic carbocycles. The molecule has 0 radical (unpaired) electrons. The number of para-hydroxylation sites is 1. The Balaban J connectivity index is 1.77. The topological polar surface area (TPSA) is 65.2 Å². The van der Waals surface area contributed by atoms with E-state index in [4.69, 9.17) is 0 Å². The van der Waals surface area contributed by atoms with Crippen LogP contribution in [0.2, 0.25) is 0 Å². The Bertz CT molecular complexity index is 972. The van der Waals surface area contributed by atoms with Gasteiger partial charge < -0.3 is 5.32 Å². The van der Waals surface area contributed by atoms with Gasteiger partial charge in [0.25, 0.3) is 5.91 Å². The fourth-order valence-corrected chi connectivity index (χ4v) is 5.07. The first-order valence-corrected chi connectivity index (χ1v) is 9.74. The minimum Gasteiger partial charge on any atom is -0.320 e. The van der Waals surface area contributed by atoms with E-state index in [0.29, 0.717) is 22.2 Å². The van der Waals surface area contributed by atoms with Crippen molar-refractivity contribution in [2.45, 2.75) is 40.0 Å². The molecular weight excluding hydrogens is 342 g/mol. The highest BCUT2D eigenvalue weighted by molar-refractivity contribution is 7.16. The minimum absolute atomic E-state index is 0.200. The molecule has 2 heterocycles. The molecule has 1 aliphatic heterocycles. The van der Waals surface area contributed by atoms with E-state index in [0.717, 1.165) is 36.1 Å². The van der Waals surface area contributed by atoms with Gasteiger partial charge in [-0.15, -0.1) is 11.3 Å². The van der Waals surface area contributed by atoms with E-state index in [-0.39, 0.29) is 11.3 Å². The van der Waals surface area contributed by atoms with Gasteiger partial charge in [-0.1, -0.05) is 39.0 Å². The summed E-state index contributed by atoms with van der Waals surface area (Å²) in [6.45, 7) is 6.84. The summed E-state index contributed by atoms with van der Waals surface area (Å²) in [7, 11) is 0. The van der Waals surface area contributed by atoms with Gasteiger partial charge in [0.15, 0.2) is 0 Å². The molecule has 1 atom stereocenters. The first-order valence-electron chi connectivity index (χ1n) is 8.92. The SMILES string of the molecule is CC(C)(C)[C@@H]1CCc2c(sc(N=C3C(=O)Nc4ccccc43)c2C#N)C1. The van der Waals surface area contributed by atoms with Crippen LogP contribution in [-0.4, -0.2) is 11.6 Å². The van der Waals surface area contributed by atoms with Gasteiger partial charge in [0.2, 0.25) is 0 Å². The van der Waals surface area contributed by atoms with Crippen molar-refractivity contribution in [3.05, 3.63) is 45.8 Å². The van der Waals surface area contributed by atoms with Gasteiger partial charge in [-0.05, 0) is 42.2 Å². The number of hydrogen-bond acceptors (Lipinski definition) is 4. The maximum absolute atomic E-state index is 12.3. The van der Waals surface area contributed by atoms with Gasteiger partial charge in [0, 0.05) is 10.4 Å². The quantitative estimate of drug-likeness (QED) is 0.787. The number of carbonyl (C=O) groups is 1. The molecule has 2 aromatic rings. The van der Waals surface area contributed by atoms with Crippen LogP contribution in [0.5, 0.6) is 0 Å². The van der Waals surface area contributed by atoms with Crippen molar-refractivity contribution in [2.75, 3.05) is 5.32 Å². The van der Waals surface area contributed by atoms with E-state index in [1.165, 1.54) is 4.88 Å². The molecule has 1 aromatic heterocycles. The molecule has 4 rings (SSSR count). The smallest absolute Gasteiger partial charge is 0.275 e. The van der Waals surface area contributed by atoms with E-state index in [2.05, 4.69) is 37.1 Å². The summed E-state index contributed by atoms with van der Waals surface area (Å²) in [5.41, 5.74) is 4.04. The predicted molar refractivity (Wildman–Crippen MR) is 105 cm³/mol. The number of benzene rings is 1. The van der Waals surface area contributed by atoms with E-state index in [9.17, 15) is 10.1 Å². The fourth-order valence-electron chi connectivity index (χ4n) is 3.82. The number of anilines is 1. The zero-order valence-corrected chi connectivity index (χ0v) is 16.0. The standard InChI is InChI=1S/C21H21N3OS/c1-21(2,3)12-8-9-13-15(11-22)20(26-17(13)10-12)24-18-14-6-4-5-7-16(14)23-19(18)25/h4-7,12H,8-10H2,1-3H3,(H,23,24,25)/t12-/m1/s1. The number of nitrogens with zero attached hydrogens (tertiary/aromatic N) is 2. The average Bonchev–Trinajstić information content (AvgIpc) is 3.11. The Morgan fingerprint density at radius 2 is 2.08 bits per heavy atom. The highest BCUT2D eigenvalue weighted by atomic mass is 32.1.